The van der Waals surface area contributed by atoms with Crippen LogP contribution in [0, 0.1) is 5.41 Å². The lowest BCUT2D eigenvalue weighted by Gasteiger charge is -2.26. The number of hydrogen-bond donors (Lipinski definition) is 1. The number of fused-ring (bicyclic) bond motifs is 1. The van der Waals surface area contributed by atoms with Gasteiger partial charge in [-0.05, 0) is 36.0 Å². The number of benzene rings is 1. The van der Waals surface area contributed by atoms with Crippen molar-refractivity contribution in [2.24, 2.45) is 5.41 Å². The van der Waals surface area contributed by atoms with Crippen LogP contribution in [0.4, 0.5) is 5.13 Å². The van der Waals surface area contributed by atoms with E-state index in [-0.39, 0.29) is 17.1 Å². The summed E-state index contributed by atoms with van der Waals surface area (Å²) in [7, 11) is 0. The molecule has 4 nitrogen and oxygen atoms in total. The fourth-order valence-electron chi connectivity index (χ4n) is 2.83. The highest BCUT2D eigenvalue weighted by molar-refractivity contribution is 7.17. The number of carbonyl (C=O) groups excluding carboxylic acids is 2. The maximum Gasteiger partial charge on any atom is 0.257 e. The topological polar surface area (TPSA) is 59.1 Å². The molecule has 120 valence electrons. The molecule has 1 aliphatic carbocycles. The van der Waals surface area contributed by atoms with Gasteiger partial charge in [-0.15, -0.1) is 0 Å². The first kappa shape index (κ1) is 15.9. The van der Waals surface area contributed by atoms with Crippen LogP contribution in [0.3, 0.4) is 0 Å². The Hall–Kier alpha value is -2.01. The highest BCUT2D eigenvalue weighted by Gasteiger charge is 2.34. The molecule has 3 rings (SSSR count). The lowest BCUT2D eigenvalue weighted by molar-refractivity contribution is 0.0915. The molecule has 0 atom stereocenters. The second-order valence-electron chi connectivity index (χ2n) is 6.74. The third kappa shape index (κ3) is 3.34. The van der Waals surface area contributed by atoms with Gasteiger partial charge >= 0.3 is 0 Å². The van der Waals surface area contributed by atoms with Crippen molar-refractivity contribution in [3.8, 4) is 0 Å². The van der Waals surface area contributed by atoms with Crippen LogP contribution >= 0.6 is 11.3 Å². The first-order chi connectivity index (χ1) is 10.9. The largest absolute Gasteiger partial charge is 0.298 e. The molecular weight excluding hydrogens is 308 g/mol. The molecule has 1 amide bonds. The summed E-state index contributed by atoms with van der Waals surface area (Å²) in [6.45, 7) is 6.22. The molecule has 0 spiro atoms. The van der Waals surface area contributed by atoms with E-state index in [2.05, 4.69) is 31.1 Å². The van der Waals surface area contributed by atoms with Crippen LogP contribution in [0.2, 0.25) is 0 Å². The van der Waals surface area contributed by atoms with Gasteiger partial charge in [-0.1, -0.05) is 44.2 Å². The fourth-order valence-corrected chi connectivity index (χ4v) is 3.75. The number of hydrogen-bond acceptors (Lipinski definition) is 4. The van der Waals surface area contributed by atoms with Crippen LogP contribution in [-0.2, 0) is 12.8 Å². The SMILES string of the molecule is CCc1ccc(C(=O)Nc2nc3c(s2)C(=O)CC(C)(C)C3)cc1. The predicted molar refractivity (Wildman–Crippen MR) is 92.3 cm³/mol. The lowest BCUT2D eigenvalue weighted by atomic mass is 9.78. The van der Waals surface area contributed by atoms with Gasteiger partial charge in [-0.2, -0.15) is 0 Å². The molecule has 5 heteroatoms. The molecule has 0 saturated heterocycles. The Labute approximate surface area is 140 Å². The Morgan fingerprint density at radius 2 is 1.96 bits per heavy atom. The van der Waals surface area contributed by atoms with Crippen molar-refractivity contribution in [3.63, 3.8) is 0 Å². The summed E-state index contributed by atoms with van der Waals surface area (Å²) in [5.41, 5.74) is 2.55. The third-order valence-corrected chi connectivity index (χ3v) is 5.13. The Balaban J connectivity index is 1.78. The number of aromatic nitrogens is 1. The van der Waals surface area contributed by atoms with E-state index < -0.39 is 0 Å². The van der Waals surface area contributed by atoms with E-state index in [0.717, 1.165) is 18.5 Å². The Kier molecular flexibility index (Phi) is 4.06. The number of carbonyl (C=O) groups is 2. The molecular formula is C18H20N2O2S. The number of nitrogens with zero attached hydrogens (tertiary/aromatic N) is 1. The summed E-state index contributed by atoms with van der Waals surface area (Å²) in [4.78, 5) is 29.7. The van der Waals surface area contributed by atoms with Crippen molar-refractivity contribution >= 4 is 28.2 Å². The van der Waals surface area contributed by atoms with Crippen molar-refractivity contribution in [1.82, 2.24) is 4.98 Å². The van der Waals surface area contributed by atoms with Gasteiger partial charge in [0.2, 0.25) is 0 Å². The van der Waals surface area contributed by atoms with Crippen LogP contribution < -0.4 is 5.32 Å². The van der Waals surface area contributed by atoms with Crippen LogP contribution in [0.5, 0.6) is 0 Å². The lowest BCUT2D eigenvalue weighted by Crippen LogP contribution is -2.26. The molecule has 0 aliphatic heterocycles. The van der Waals surface area contributed by atoms with Crippen molar-refractivity contribution in [2.45, 2.75) is 40.0 Å². The molecule has 2 aromatic rings. The molecule has 1 aliphatic rings. The highest BCUT2D eigenvalue weighted by atomic mass is 32.1. The van der Waals surface area contributed by atoms with E-state index >= 15 is 0 Å². The Bertz CT molecular complexity index is 760. The Morgan fingerprint density at radius 1 is 1.26 bits per heavy atom. The summed E-state index contributed by atoms with van der Waals surface area (Å²) >= 11 is 1.28. The number of Topliss-reactive ketones (excluding diaryl/α,β-unsaturated/α-hetero) is 1. The van der Waals surface area contributed by atoms with Crippen LogP contribution in [0.1, 0.15) is 58.5 Å². The number of anilines is 1. The fraction of sp³-hybridized carbons (Fsp3) is 0.389. The number of aryl methyl sites for hydroxylation is 1. The maximum atomic E-state index is 12.3. The van der Waals surface area contributed by atoms with Crippen LogP contribution in [-0.4, -0.2) is 16.7 Å². The minimum atomic E-state index is -0.189. The zero-order valence-electron chi connectivity index (χ0n) is 13.6. The van der Waals surface area contributed by atoms with E-state index in [1.165, 1.54) is 16.9 Å². The molecule has 0 saturated carbocycles. The van der Waals surface area contributed by atoms with E-state index in [1.807, 2.05) is 24.3 Å². The number of rotatable bonds is 3. The van der Waals surface area contributed by atoms with Gasteiger partial charge < -0.3 is 0 Å². The predicted octanol–water partition coefficient (Wildman–Crippen LogP) is 4.11. The minimum absolute atomic E-state index is 0.0601. The average molecular weight is 328 g/mol. The van der Waals surface area contributed by atoms with Crippen molar-refractivity contribution < 1.29 is 9.59 Å². The average Bonchev–Trinajstić information content (AvgIpc) is 2.88. The van der Waals surface area contributed by atoms with Gasteiger partial charge in [-0.25, -0.2) is 4.98 Å². The van der Waals surface area contributed by atoms with E-state index in [1.54, 1.807) is 0 Å². The summed E-state index contributed by atoms with van der Waals surface area (Å²) in [5.74, 6) is -0.0630. The van der Waals surface area contributed by atoms with Gasteiger partial charge in [0.1, 0.15) is 0 Å². The van der Waals surface area contributed by atoms with Crippen molar-refractivity contribution in [3.05, 3.63) is 46.0 Å². The number of amides is 1. The summed E-state index contributed by atoms with van der Waals surface area (Å²) < 4.78 is 0. The first-order valence-corrected chi connectivity index (χ1v) is 8.63. The molecule has 1 N–H and O–H groups in total. The number of thiazole rings is 1. The molecule has 1 heterocycles. The molecule has 0 radical (unpaired) electrons. The normalized spacial score (nSPS) is 16.0. The second kappa shape index (κ2) is 5.89. The number of nitrogens with one attached hydrogen (secondary N) is 1. The van der Waals surface area contributed by atoms with Crippen LogP contribution in [0.25, 0.3) is 0 Å². The summed E-state index contributed by atoms with van der Waals surface area (Å²) in [6, 6.07) is 7.54. The van der Waals surface area contributed by atoms with Gasteiger partial charge in [0.25, 0.3) is 5.91 Å². The monoisotopic (exact) mass is 328 g/mol. The van der Waals surface area contributed by atoms with Gasteiger partial charge in [0.05, 0.1) is 10.6 Å². The standard InChI is InChI=1S/C18H20N2O2S/c1-4-11-5-7-12(8-6-11)16(22)20-17-19-13-9-18(2,3)10-14(21)15(13)23-17/h5-8H,4,9-10H2,1-3H3,(H,19,20,22). The van der Waals surface area contributed by atoms with Crippen LogP contribution in [0.15, 0.2) is 24.3 Å². The molecule has 0 unspecified atom stereocenters. The van der Waals surface area contributed by atoms with E-state index in [4.69, 9.17) is 0 Å². The van der Waals surface area contributed by atoms with E-state index in [0.29, 0.717) is 22.0 Å². The number of ketones is 1. The van der Waals surface area contributed by atoms with Crippen molar-refractivity contribution in [1.29, 1.82) is 0 Å². The zero-order chi connectivity index (χ0) is 16.6. The highest BCUT2D eigenvalue weighted by Crippen LogP contribution is 2.38. The van der Waals surface area contributed by atoms with Gasteiger partial charge in [-0.3, -0.25) is 14.9 Å². The zero-order valence-corrected chi connectivity index (χ0v) is 14.4. The summed E-state index contributed by atoms with van der Waals surface area (Å²) in [6.07, 6.45) is 2.25. The summed E-state index contributed by atoms with van der Waals surface area (Å²) in [5, 5.41) is 3.32. The van der Waals surface area contributed by atoms with E-state index in [9.17, 15) is 9.59 Å². The van der Waals surface area contributed by atoms with Gasteiger partial charge in [0.15, 0.2) is 10.9 Å². The molecule has 1 aromatic heterocycles. The second-order valence-corrected chi connectivity index (χ2v) is 7.74. The minimum Gasteiger partial charge on any atom is -0.298 e. The Morgan fingerprint density at radius 3 is 2.61 bits per heavy atom. The molecule has 0 fully saturated rings. The smallest absolute Gasteiger partial charge is 0.257 e. The van der Waals surface area contributed by atoms with Crippen molar-refractivity contribution in [2.75, 3.05) is 5.32 Å². The maximum absolute atomic E-state index is 12.3. The molecule has 1 aromatic carbocycles. The first-order valence-electron chi connectivity index (χ1n) is 7.81. The molecule has 23 heavy (non-hydrogen) atoms. The third-order valence-electron chi connectivity index (χ3n) is 4.08. The molecule has 0 bridgehead atoms. The quantitative estimate of drug-likeness (QED) is 0.922. The van der Waals surface area contributed by atoms with Gasteiger partial charge in [0, 0.05) is 12.0 Å².